The number of amides is 1. The first-order chi connectivity index (χ1) is 38.9. The average Bonchev–Trinajstić information content (AvgIpc) is 4.34. The Morgan fingerprint density at radius 1 is 0.732 bits per heavy atom. The number of nitrogens with one attached hydrogen (secondary N) is 4. The van der Waals surface area contributed by atoms with Crippen LogP contribution in [0.1, 0.15) is 95.0 Å². The van der Waals surface area contributed by atoms with E-state index in [0.717, 1.165) is 71.2 Å². The number of aromatic nitrogens is 10. The smallest absolute Gasteiger partial charge is 0.326 e. The molecule has 21 nitrogen and oxygen atoms in total. The predicted octanol–water partition coefficient (Wildman–Crippen LogP) is 10.9. The van der Waals surface area contributed by atoms with Gasteiger partial charge < -0.3 is 40.0 Å². The van der Waals surface area contributed by atoms with Crippen molar-refractivity contribution in [3.63, 3.8) is 0 Å². The third-order valence-corrected chi connectivity index (χ3v) is 15.4. The molecule has 8 aromatic heterocycles. The molecule has 0 saturated carbocycles. The van der Waals surface area contributed by atoms with Crippen molar-refractivity contribution in [2.24, 2.45) is 0 Å². The number of piperazine rings is 1. The van der Waals surface area contributed by atoms with Gasteiger partial charge in [0.1, 0.15) is 45.0 Å². The van der Waals surface area contributed by atoms with Gasteiger partial charge in [0.05, 0.1) is 44.6 Å². The summed E-state index contributed by atoms with van der Waals surface area (Å²) in [5.74, 6) is 1.46. The van der Waals surface area contributed by atoms with Crippen molar-refractivity contribution in [3.05, 3.63) is 101 Å². The highest BCUT2D eigenvalue weighted by Crippen LogP contribution is 2.38. The van der Waals surface area contributed by atoms with Crippen molar-refractivity contribution in [3.8, 4) is 33.8 Å². The first-order valence-corrected chi connectivity index (χ1v) is 28.9. The van der Waals surface area contributed by atoms with Crippen LogP contribution in [-0.4, -0.2) is 132 Å². The van der Waals surface area contributed by atoms with Gasteiger partial charge in [0.2, 0.25) is 11.9 Å². The zero-order chi connectivity index (χ0) is 57.5. The summed E-state index contributed by atoms with van der Waals surface area (Å²) in [6, 6.07) is 8.45. The van der Waals surface area contributed by atoms with Crippen LogP contribution in [0.5, 0.6) is 11.5 Å². The van der Waals surface area contributed by atoms with Crippen LogP contribution in [0.3, 0.4) is 0 Å². The summed E-state index contributed by atoms with van der Waals surface area (Å²) in [5, 5.41) is 15.0. The number of aryl methyl sites for hydroxylation is 2. The van der Waals surface area contributed by atoms with E-state index in [0.29, 0.717) is 89.9 Å². The highest BCUT2D eigenvalue weighted by molar-refractivity contribution is 7.22. The van der Waals surface area contributed by atoms with Crippen molar-refractivity contribution in [1.82, 2.24) is 60.5 Å². The minimum Gasteiger partial charge on any atom is -0.494 e. The summed E-state index contributed by atoms with van der Waals surface area (Å²) in [4.78, 5) is 76.6. The minimum absolute atomic E-state index is 0. The maximum absolute atomic E-state index is 13.5. The van der Waals surface area contributed by atoms with Gasteiger partial charge in [-0.15, -0.1) is 0 Å². The summed E-state index contributed by atoms with van der Waals surface area (Å²) in [5.41, 5.74) is 6.91. The molecule has 432 valence electrons. The van der Waals surface area contributed by atoms with E-state index in [9.17, 15) is 9.59 Å². The van der Waals surface area contributed by atoms with E-state index in [4.69, 9.17) is 47.4 Å². The van der Waals surface area contributed by atoms with Gasteiger partial charge in [-0.25, -0.2) is 29.9 Å². The van der Waals surface area contributed by atoms with Crippen LogP contribution in [0.2, 0.25) is 10.3 Å². The van der Waals surface area contributed by atoms with E-state index >= 15 is 0 Å². The van der Waals surface area contributed by atoms with Gasteiger partial charge >= 0.3 is 5.97 Å². The van der Waals surface area contributed by atoms with Crippen molar-refractivity contribution in [2.75, 3.05) is 67.4 Å². The van der Waals surface area contributed by atoms with Crippen LogP contribution in [0.4, 0.5) is 22.2 Å². The number of hydrogen-bond donors (Lipinski definition) is 4. The number of pyridine rings is 4. The molecule has 0 radical (unpaired) electrons. The number of nitrogens with zero attached hydrogens (tertiary/aromatic N) is 12. The van der Waals surface area contributed by atoms with Crippen molar-refractivity contribution < 1.29 is 23.8 Å². The van der Waals surface area contributed by atoms with E-state index in [2.05, 4.69) is 72.6 Å². The number of methoxy groups -OCH3 is 2. The molecular formula is C57H68Cl2N16O5S2. The summed E-state index contributed by atoms with van der Waals surface area (Å²) in [6.45, 7) is 20.9. The molecular weight excluding hydrogens is 1120 g/mol. The molecule has 4 N–H and O–H groups in total. The van der Waals surface area contributed by atoms with Crippen molar-refractivity contribution >= 4 is 106 Å². The highest BCUT2D eigenvalue weighted by atomic mass is 35.5. The lowest BCUT2D eigenvalue weighted by atomic mass is 9.99. The fourth-order valence-electron chi connectivity index (χ4n) is 9.68. The number of carbonyl (C=O) groups is 2. The number of fused-ring (bicyclic) bond motifs is 4. The third kappa shape index (κ3) is 14.7. The van der Waals surface area contributed by atoms with Gasteiger partial charge in [0.25, 0.3) is 5.91 Å². The number of anilines is 4. The van der Waals surface area contributed by atoms with Gasteiger partial charge in [-0.1, -0.05) is 73.7 Å². The molecule has 82 heavy (non-hydrogen) atoms. The van der Waals surface area contributed by atoms with Gasteiger partial charge in [0.15, 0.2) is 19.9 Å². The minimum atomic E-state index is -0.606. The number of halogens is 2. The first kappa shape index (κ1) is 60.8. The SMILES string of the molecule is C.C=C(Nc1nc2cnc(N3CC4CCC(C3)N4)nc2s1)c1cnc(C)cc1-c1cc(Cl)ncc1OC.CC.COc1cnc(Cl)cc1-c1cc(C)ncc1C(=O)Nc1nc2cnc(N(CC(=O)OC(C)(C)C)CC3CCCN3)nc2s1. The fourth-order valence-corrected chi connectivity index (χ4v) is 11.6. The molecule has 3 unspecified atom stereocenters. The van der Waals surface area contributed by atoms with Crippen LogP contribution in [0.15, 0.2) is 68.0 Å². The third-order valence-electron chi connectivity index (χ3n) is 13.2. The molecule has 11 rings (SSSR count). The quantitative estimate of drug-likeness (QED) is 0.0550. The molecule has 3 atom stereocenters. The lowest BCUT2D eigenvalue weighted by Crippen LogP contribution is -2.51. The van der Waals surface area contributed by atoms with E-state index in [-0.39, 0.29) is 31.1 Å². The number of rotatable bonds is 15. The molecule has 0 aromatic carbocycles. The lowest BCUT2D eigenvalue weighted by Gasteiger charge is -2.32. The highest BCUT2D eigenvalue weighted by Gasteiger charge is 2.34. The normalized spacial score (nSPS) is 16.3. The second-order valence-corrected chi connectivity index (χ2v) is 23.0. The van der Waals surface area contributed by atoms with Crippen LogP contribution >= 0.6 is 45.9 Å². The fraction of sp³-hybridized carbons (Fsp3) is 0.404. The molecule has 2 bridgehead atoms. The molecule has 3 aliphatic heterocycles. The summed E-state index contributed by atoms with van der Waals surface area (Å²) >= 11 is 15.1. The topological polar surface area (TPSA) is 245 Å². The van der Waals surface area contributed by atoms with Crippen molar-refractivity contribution in [2.45, 2.75) is 105 Å². The van der Waals surface area contributed by atoms with E-state index in [1.807, 2.05) is 59.4 Å². The lowest BCUT2D eigenvalue weighted by molar-refractivity contribution is -0.153. The number of ether oxygens (including phenoxy) is 3. The van der Waals surface area contributed by atoms with E-state index in [1.165, 1.54) is 55.0 Å². The molecule has 3 saturated heterocycles. The molecule has 3 fully saturated rings. The Labute approximate surface area is 495 Å². The Balaban J connectivity index is 0.000000209. The zero-order valence-corrected chi connectivity index (χ0v) is 49.7. The van der Waals surface area contributed by atoms with Gasteiger partial charge in [0, 0.05) is 89.5 Å². The van der Waals surface area contributed by atoms with Gasteiger partial charge in [-0.05, 0) is 96.7 Å². The van der Waals surface area contributed by atoms with Crippen LogP contribution in [-0.2, 0) is 9.53 Å². The summed E-state index contributed by atoms with van der Waals surface area (Å²) < 4.78 is 16.6. The molecule has 25 heteroatoms. The predicted molar refractivity (Wildman–Crippen MR) is 328 cm³/mol. The molecule has 0 spiro atoms. The van der Waals surface area contributed by atoms with Crippen LogP contribution in [0.25, 0.3) is 48.6 Å². The maximum atomic E-state index is 13.5. The second-order valence-electron chi connectivity index (χ2n) is 20.3. The number of carbonyl (C=O) groups excluding carboxylic acids is 2. The molecule has 1 amide bonds. The van der Waals surface area contributed by atoms with Crippen LogP contribution in [0, 0.1) is 13.8 Å². The standard InChI is InChI=1S/C29H33ClN8O4S.C25H25ClN8OS.C2H6.CH4/c1-16-9-18(19-10-23(30)33-13-22(19)41-5)20(11-32-16)25(40)36-28-35-21-12-34-27(37-26(21)43-28)38(14-17-7-6-8-31-17)15-24(39)42-29(2,3)4;1-13-6-17(18-7-22(26)28-10-21(18)35-3)19(8-27-13)14(2)30-25-32-20-9-29-24(33-23(20)36-25)34-11-15-4-5-16(12-34)31-15;1-2;/h9-13,17,31H,6-8,14-15H2,1-5H3,(H,35,36,40);6-10,15-16,31H,2,4-5,11-12H2,1,3H3,(H,30,32);1-2H3;1H4. The van der Waals surface area contributed by atoms with E-state index in [1.54, 1.807) is 50.1 Å². The monoisotopic (exact) mass is 1190 g/mol. The summed E-state index contributed by atoms with van der Waals surface area (Å²) in [7, 11) is 3.13. The first-order valence-electron chi connectivity index (χ1n) is 26.5. The Kier molecular flexibility index (Phi) is 19.8. The van der Waals surface area contributed by atoms with Gasteiger partial charge in [-0.2, -0.15) is 9.97 Å². The molecule has 3 aliphatic rings. The second kappa shape index (κ2) is 26.8. The van der Waals surface area contributed by atoms with Crippen LogP contribution < -0.4 is 40.5 Å². The summed E-state index contributed by atoms with van der Waals surface area (Å²) in [6.07, 6.45) is 14.3. The number of hydrogen-bond acceptors (Lipinski definition) is 22. The van der Waals surface area contributed by atoms with Crippen molar-refractivity contribution in [1.29, 1.82) is 0 Å². The molecule has 11 heterocycles. The Bertz CT molecular complexity index is 3580. The Morgan fingerprint density at radius 3 is 1.87 bits per heavy atom. The Morgan fingerprint density at radius 2 is 1.29 bits per heavy atom. The number of esters is 1. The van der Waals surface area contributed by atoms with Gasteiger partial charge in [-0.3, -0.25) is 24.9 Å². The largest absolute Gasteiger partial charge is 0.494 e. The Hall–Kier alpha value is -7.28. The maximum Gasteiger partial charge on any atom is 0.326 e. The average molecular weight is 1190 g/mol. The van der Waals surface area contributed by atoms with E-state index < -0.39 is 11.5 Å². The number of thiazole rings is 2. The zero-order valence-electron chi connectivity index (χ0n) is 46.6. The molecule has 8 aromatic rings. The molecule has 0 aliphatic carbocycles.